The quantitative estimate of drug-likeness (QED) is 0.862. The lowest BCUT2D eigenvalue weighted by molar-refractivity contribution is -0.117. The molecular formula is C14H13NO6S. The number of aromatic carboxylic acids is 2. The van der Waals surface area contributed by atoms with E-state index in [4.69, 9.17) is 0 Å². The Morgan fingerprint density at radius 1 is 1.18 bits per heavy atom. The highest BCUT2D eigenvalue weighted by Gasteiger charge is 2.36. The molecule has 2 rings (SSSR count). The standard InChI is InChI=1S/C14H13NO6S/c1-7(16)22-8-5-11(17)15(6-8)12-9(13(18)19)3-2-4-10(12)14(20)21/h2-4,8H,5-6H2,1H3,(H,18,19)(H,20,21). The molecule has 1 aliphatic heterocycles. The Morgan fingerprint density at radius 2 is 1.73 bits per heavy atom. The van der Waals surface area contributed by atoms with E-state index < -0.39 is 17.8 Å². The van der Waals surface area contributed by atoms with Crippen molar-refractivity contribution >= 4 is 40.4 Å². The van der Waals surface area contributed by atoms with E-state index in [0.29, 0.717) is 0 Å². The van der Waals surface area contributed by atoms with Gasteiger partial charge in [-0.25, -0.2) is 9.59 Å². The molecule has 0 aliphatic carbocycles. The number of nitrogens with zero attached hydrogens (tertiary/aromatic N) is 1. The molecule has 7 nitrogen and oxygen atoms in total. The molecule has 1 amide bonds. The van der Waals surface area contributed by atoms with Crippen molar-refractivity contribution in [2.45, 2.75) is 18.6 Å². The summed E-state index contributed by atoms with van der Waals surface area (Å²) in [6.07, 6.45) is 0.0667. The highest BCUT2D eigenvalue weighted by atomic mass is 32.2. The van der Waals surface area contributed by atoms with E-state index in [9.17, 15) is 29.4 Å². The normalized spacial score (nSPS) is 17.6. The molecule has 1 saturated heterocycles. The number of carboxylic acid groups (broad SMARTS) is 2. The first kappa shape index (κ1) is 16.0. The van der Waals surface area contributed by atoms with Gasteiger partial charge in [-0.15, -0.1) is 0 Å². The van der Waals surface area contributed by atoms with E-state index in [0.717, 1.165) is 16.7 Å². The number of carbonyl (C=O) groups excluding carboxylic acids is 2. The van der Waals surface area contributed by atoms with Crippen LogP contribution in [0.5, 0.6) is 0 Å². The van der Waals surface area contributed by atoms with Gasteiger partial charge in [0.2, 0.25) is 5.91 Å². The van der Waals surface area contributed by atoms with E-state index in [2.05, 4.69) is 0 Å². The van der Waals surface area contributed by atoms with Gasteiger partial charge in [-0.1, -0.05) is 17.8 Å². The van der Waals surface area contributed by atoms with Crippen LogP contribution in [0, 0.1) is 0 Å². The number of carboxylic acids is 2. The monoisotopic (exact) mass is 323 g/mol. The van der Waals surface area contributed by atoms with Gasteiger partial charge in [-0.2, -0.15) is 0 Å². The molecule has 1 aliphatic rings. The van der Waals surface area contributed by atoms with E-state index in [1.54, 1.807) is 0 Å². The number of para-hydroxylation sites is 1. The Balaban J connectivity index is 2.47. The van der Waals surface area contributed by atoms with Crippen LogP contribution in [0.2, 0.25) is 0 Å². The Kier molecular flexibility index (Phi) is 4.51. The summed E-state index contributed by atoms with van der Waals surface area (Å²) in [4.78, 5) is 47.1. The highest BCUT2D eigenvalue weighted by Crippen LogP contribution is 2.33. The Hall–Kier alpha value is -2.35. The fourth-order valence-corrected chi connectivity index (χ4v) is 3.30. The zero-order valence-corrected chi connectivity index (χ0v) is 12.4. The largest absolute Gasteiger partial charge is 0.478 e. The smallest absolute Gasteiger partial charge is 0.337 e. The molecular weight excluding hydrogens is 310 g/mol. The molecule has 0 radical (unpaired) electrons. The molecule has 22 heavy (non-hydrogen) atoms. The predicted molar refractivity (Wildman–Crippen MR) is 79.4 cm³/mol. The van der Waals surface area contributed by atoms with Crippen molar-refractivity contribution in [3.63, 3.8) is 0 Å². The number of benzene rings is 1. The number of hydrogen-bond donors (Lipinski definition) is 2. The molecule has 0 saturated carbocycles. The van der Waals surface area contributed by atoms with Gasteiger partial charge in [0.1, 0.15) is 0 Å². The predicted octanol–water partition coefficient (Wildman–Crippen LogP) is 1.47. The first-order valence-electron chi connectivity index (χ1n) is 6.38. The van der Waals surface area contributed by atoms with Crippen LogP contribution in [0.15, 0.2) is 18.2 Å². The van der Waals surface area contributed by atoms with Crippen LogP contribution in [0.3, 0.4) is 0 Å². The van der Waals surface area contributed by atoms with Crippen LogP contribution >= 0.6 is 11.8 Å². The summed E-state index contributed by atoms with van der Waals surface area (Å²) in [5.41, 5.74) is -0.623. The second kappa shape index (κ2) is 6.18. The van der Waals surface area contributed by atoms with Gasteiger partial charge in [0, 0.05) is 25.1 Å². The number of carbonyl (C=O) groups is 4. The van der Waals surface area contributed by atoms with Crippen molar-refractivity contribution in [3.8, 4) is 0 Å². The van der Waals surface area contributed by atoms with Crippen LogP contribution in [0.4, 0.5) is 5.69 Å². The summed E-state index contributed by atoms with van der Waals surface area (Å²) < 4.78 is 0. The van der Waals surface area contributed by atoms with Crippen LogP contribution in [0.25, 0.3) is 0 Å². The lowest BCUT2D eigenvalue weighted by Crippen LogP contribution is -2.29. The molecule has 0 bridgehead atoms. The summed E-state index contributed by atoms with van der Waals surface area (Å²) in [6, 6.07) is 3.82. The van der Waals surface area contributed by atoms with Gasteiger partial charge in [-0.3, -0.25) is 9.59 Å². The number of hydrogen-bond acceptors (Lipinski definition) is 5. The first-order valence-corrected chi connectivity index (χ1v) is 7.26. The Bertz CT molecular complexity index is 639. The van der Waals surface area contributed by atoms with Crippen molar-refractivity contribution in [1.29, 1.82) is 0 Å². The molecule has 0 spiro atoms. The zero-order valence-electron chi connectivity index (χ0n) is 11.6. The van der Waals surface area contributed by atoms with Crippen molar-refractivity contribution in [2.24, 2.45) is 0 Å². The SMILES string of the molecule is CC(=O)SC1CC(=O)N(c2c(C(=O)O)cccc2C(=O)O)C1. The molecule has 1 fully saturated rings. The van der Waals surface area contributed by atoms with E-state index in [1.165, 1.54) is 25.1 Å². The van der Waals surface area contributed by atoms with Crippen molar-refractivity contribution in [3.05, 3.63) is 29.3 Å². The fourth-order valence-electron chi connectivity index (χ4n) is 2.38. The number of anilines is 1. The van der Waals surface area contributed by atoms with Crippen molar-refractivity contribution < 1.29 is 29.4 Å². The third kappa shape index (κ3) is 3.11. The highest BCUT2D eigenvalue weighted by molar-refractivity contribution is 8.14. The van der Waals surface area contributed by atoms with Crippen molar-refractivity contribution in [2.75, 3.05) is 11.4 Å². The maximum Gasteiger partial charge on any atom is 0.337 e. The Labute approximate surface area is 129 Å². The van der Waals surface area contributed by atoms with Crippen LogP contribution < -0.4 is 4.90 Å². The lowest BCUT2D eigenvalue weighted by atomic mass is 10.1. The average molecular weight is 323 g/mol. The molecule has 1 aromatic rings. The third-order valence-corrected chi connectivity index (χ3v) is 4.17. The maximum absolute atomic E-state index is 12.1. The molecule has 8 heteroatoms. The van der Waals surface area contributed by atoms with E-state index in [-0.39, 0.29) is 40.1 Å². The molecule has 1 heterocycles. The van der Waals surface area contributed by atoms with Gasteiger partial charge in [0.15, 0.2) is 5.12 Å². The zero-order chi connectivity index (χ0) is 16.4. The average Bonchev–Trinajstić information content (AvgIpc) is 2.77. The summed E-state index contributed by atoms with van der Waals surface area (Å²) in [5, 5.41) is 18.0. The fraction of sp³-hybridized carbons (Fsp3) is 0.286. The van der Waals surface area contributed by atoms with E-state index >= 15 is 0 Å². The summed E-state index contributed by atoms with van der Waals surface area (Å²) in [5.74, 6) is -3.02. The summed E-state index contributed by atoms with van der Waals surface area (Å²) in [7, 11) is 0. The van der Waals surface area contributed by atoms with Crippen LogP contribution in [-0.2, 0) is 9.59 Å². The molecule has 1 atom stereocenters. The minimum Gasteiger partial charge on any atom is -0.478 e. The van der Waals surface area contributed by atoms with E-state index in [1.807, 2.05) is 0 Å². The first-order chi connectivity index (χ1) is 10.3. The summed E-state index contributed by atoms with van der Waals surface area (Å²) in [6.45, 7) is 1.49. The second-order valence-electron chi connectivity index (χ2n) is 4.75. The minimum atomic E-state index is -1.31. The number of amides is 1. The molecule has 2 N–H and O–H groups in total. The van der Waals surface area contributed by atoms with Gasteiger partial charge < -0.3 is 15.1 Å². The number of rotatable bonds is 4. The van der Waals surface area contributed by atoms with Gasteiger partial charge in [0.25, 0.3) is 0 Å². The van der Waals surface area contributed by atoms with Gasteiger partial charge in [-0.05, 0) is 12.1 Å². The molecule has 0 aromatic heterocycles. The minimum absolute atomic E-state index is 0.0667. The Morgan fingerprint density at radius 3 is 2.18 bits per heavy atom. The van der Waals surface area contributed by atoms with Crippen molar-refractivity contribution in [1.82, 2.24) is 0 Å². The molecule has 116 valence electrons. The summed E-state index contributed by atoms with van der Waals surface area (Å²) >= 11 is 0.996. The lowest BCUT2D eigenvalue weighted by Gasteiger charge is -2.20. The van der Waals surface area contributed by atoms with Crippen LogP contribution in [0.1, 0.15) is 34.1 Å². The second-order valence-corrected chi connectivity index (χ2v) is 6.23. The molecule has 1 aromatic carbocycles. The number of thioether (sulfide) groups is 1. The van der Waals surface area contributed by atoms with Gasteiger partial charge in [0.05, 0.1) is 16.8 Å². The third-order valence-electron chi connectivity index (χ3n) is 3.19. The molecule has 1 unspecified atom stereocenters. The topological polar surface area (TPSA) is 112 Å². The van der Waals surface area contributed by atoms with Crippen LogP contribution in [-0.4, -0.2) is 45.0 Å². The maximum atomic E-state index is 12.1. The van der Waals surface area contributed by atoms with Gasteiger partial charge >= 0.3 is 11.9 Å².